The average molecular weight is 312 g/mol. The van der Waals surface area contributed by atoms with Crippen LogP contribution in [-0.4, -0.2) is 14.5 Å². The van der Waals surface area contributed by atoms with Crippen molar-refractivity contribution in [1.29, 1.82) is 5.26 Å². The molecule has 0 amide bonds. The molecule has 0 aliphatic carbocycles. The van der Waals surface area contributed by atoms with Crippen molar-refractivity contribution in [3.8, 4) is 17.3 Å². The Hall–Kier alpha value is -3.52. The van der Waals surface area contributed by atoms with Crippen molar-refractivity contribution in [2.75, 3.05) is 0 Å². The van der Waals surface area contributed by atoms with Crippen LogP contribution < -0.4 is 5.56 Å². The van der Waals surface area contributed by atoms with Gasteiger partial charge in [-0.3, -0.25) is 4.79 Å². The number of fused-ring (bicyclic) bond motifs is 3. The van der Waals surface area contributed by atoms with Crippen molar-refractivity contribution in [1.82, 2.24) is 14.5 Å². The van der Waals surface area contributed by atoms with Crippen LogP contribution >= 0.6 is 0 Å². The highest BCUT2D eigenvalue weighted by molar-refractivity contribution is 6.12. The van der Waals surface area contributed by atoms with Crippen LogP contribution in [0.25, 0.3) is 32.9 Å². The van der Waals surface area contributed by atoms with Gasteiger partial charge in [-0.05, 0) is 23.6 Å². The summed E-state index contributed by atoms with van der Waals surface area (Å²) in [5, 5.41) is 12.0. The number of pyridine rings is 3. The van der Waals surface area contributed by atoms with Crippen molar-refractivity contribution < 1.29 is 0 Å². The van der Waals surface area contributed by atoms with Crippen LogP contribution in [0.3, 0.4) is 0 Å². The Kier molecular flexibility index (Phi) is 3.10. The van der Waals surface area contributed by atoms with Crippen LogP contribution in [0.5, 0.6) is 0 Å². The van der Waals surface area contributed by atoms with Crippen LogP contribution in [0, 0.1) is 11.3 Å². The first-order valence-electron chi connectivity index (χ1n) is 7.43. The van der Waals surface area contributed by atoms with Gasteiger partial charge in [-0.15, -0.1) is 0 Å². The molecule has 1 aromatic carbocycles. The van der Waals surface area contributed by atoms with E-state index in [0.29, 0.717) is 22.3 Å². The van der Waals surface area contributed by atoms with E-state index in [-0.39, 0.29) is 5.56 Å². The standard InChI is InChI=1S/C19H12N4O/c1-23-9-7-12(10-17(23)24)19-18-14(6-8-21-16(18)11-20)13-4-2-3-5-15(13)22-19/h2-10H,1H3. The van der Waals surface area contributed by atoms with E-state index in [0.717, 1.165) is 16.3 Å². The Morgan fingerprint density at radius 1 is 1.12 bits per heavy atom. The van der Waals surface area contributed by atoms with Gasteiger partial charge in [-0.1, -0.05) is 18.2 Å². The van der Waals surface area contributed by atoms with Gasteiger partial charge in [0.15, 0.2) is 0 Å². The van der Waals surface area contributed by atoms with Gasteiger partial charge in [0.05, 0.1) is 11.2 Å². The molecular formula is C19H12N4O. The molecule has 0 bridgehead atoms. The fourth-order valence-electron chi connectivity index (χ4n) is 2.89. The lowest BCUT2D eigenvalue weighted by Gasteiger charge is -2.11. The highest BCUT2D eigenvalue weighted by Crippen LogP contribution is 2.33. The van der Waals surface area contributed by atoms with Crippen molar-refractivity contribution in [2.24, 2.45) is 7.05 Å². The lowest BCUT2D eigenvalue weighted by atomic mass is 10.00. The Bertz CT molecular complexity index is 1200. The number of benzene rings is 1. The molecule has 4 aromatic rings. The van der Waals surface area contributed by atoms with Crippen molar-refractivity contribution in [3.05, 3.63) is 70.9 Å². The predicted molar refractivity (Wildman–Crippen MR) is 92.4 cm³/mol. The van der Waals surface area contributed by atoms with E-state index >= 15 is 0 Å². The maximum atomic E-state index is 12.0. The van der Waals surface area contributed by atoms with E-state index in [1.807, 2.05) is 36.4 Å². The summed E-state index contributed by atoms with van der Waals surface area (Å²) in [6, 6.07) is 15.1. The molecule has 3 heterocycles. The van der Waals surface area contributed by atoms with E-state index in [9.17, 15) is 10.1 Å². The van der Waals surface area contributed by atoms with Gasteiger partial charge in [-0.25, -0.2) is 9.97 Å². The number of para-hydroxylation sites is 1. The second kappa shape index (κ2) is 5.28. The molecule has 0 spiro atoms. The van der Waals surface area contributed by atoms with Gasteiger partial charge in [0, 0.05) is 41.8 Å². The molecule has 0 aliphatic heterocycles. The molecule has 0 unspecified atom stereocenters. The number of hydrogen-bond acceptors (Lipinski definition) is 4. The summed E-state index contributed by atoms with van der Waals surface area (Å²) in [6.07, 6.45) is 3.32. The van der Waals surface area contributed by atoms with E-state index in [1.54, 1.807) is 19.4 Å². The molecule has 5 nitrogen and oxygen atoms in total. The number of hydrogen-bond donors (Lipinski definition) is 0. The normalized spacial score (nSPS) is 10.8. The van der Waals surface area contributed by atoms with Crippen LogP contribution in [0.1, 0.15) is 5.69 Å². The number of aromatic nitrogens is 3. The maximum Gasteiger partial charge on any atom is 0.250 e. The minimum absolute atomic E-state index is 0.127. The summed E-state index contributed by atoms with van der Waals surface area (Å²) < 4.78 is 1.50. The van der Waals surface area contributed by atoms with E-state index < -0.39 is 0 Å². The first-order valence-corrected chi connectivity index (χ1v) is 7.43. The van der Waals surface area contributed by atoms with Gasteiger partial charge in [0.1, 0.15) is 11.8 Å². The zero-order chi connectivity index (χ0) is 16.7. The zero-order valence-electron chi connectivity index (χ0n) is 12.9. The number of aryl methyl sites for hydroxylation is 1. The maximum absolute atomic E-state index is 12.0. The second-order valence-electron chi connectivity index (χ2n) is 5.54. The molecule has 0 aliphatic rings. The molecule has 0 fully saturated rings. The average Bonchev–Trinajstić information content (AvgIpc) is 2.62. The van der Waals surface area contributed by atoms with E-state index in [1.165, 1.54) is 10.6 Å². The van der Waals surface area contributed by atoms with Crippen LogP contribution in [0.2, 0.25) is 0 Å². The third-order valence-corrected chi connectivity index (χ3v) is 4.10. The highest BCUT2D eigenvalue weighted by atomic mass is 16.1. The molecule has 3 aromatic heterocycles. The lowest BCUT2D eigenvalue weighted by Crippen LogP contribution is -2.14. The smallest absolute Gasteiger partial charge is 0.250 e. The zero-order valence-corrected chi connectivity index (χ0v) is 12.9. The van der Waals surface area contributed by atoms with Gasteiger partial charge in [-0.2, -0.15) is 5.26 Å². The summed E-state index contributed by atoms with van der Waals surface area (Å²) in [5.74, 6) is 0. The molecule has 0 N–H and O–H groups in total. The topological polar surface area (TPSA) is 71.6 Å². The summed E-state index contributed by atoms with van der Waals surface area (Å²) in [7, 11) is 1.69. The largest absolute Gasteiger partial charge is 0.319 e. The Labute approximate surface area is 137 Å². The Morgan fingerprint density at radius 2 is 1.96 bits per heavy atom. The molecule has 0 saturated carbocycles. The highest BCUT2D eigenvalue weighted by Gasteiger charge is 2.15. The number of nitrogens with zero attached hydrogens (tertiary/aromatic N) is 4. The third kappa shape index (κ3) is 2.05. The Balaban J connectivity index is 2.22. The van der Waals surface area contributed by atoms with Gasteiger partial charge in [0.2, 0.25) is 0 Å². The molecule has 24 heavy (non-hydrogen) atoms. The van der Waals surface area contributed by atoms with Crippen molar-refractivity contribution >= 4 is 21.7 Å². The molecule has 0 saturated heterocycles. The molecular weight excluding hydrogens is 300 g/mol. The molecule has 5 heteroatoms. The SMILES string of the molecule is Cn1ccc(-c2nc3ccccc3c3ccnc(C#N)c23)cc1=O. The van der Waals surface area contributed by atoms with E-state index in [2.05, 4.69) is 11.1 Å². The van der Waals surface area contributed by atoms with Crippen molar-refractivity contribution in [2.45, 2.75) is 0 Å². The minimum Gasteiger partial charge on any atom is -0.319 e. The van der Waals surface area contributed by atoms with Crippen LogP contribution in [-0.2, 0) is 7.05 Å². The quantitative estimate of drug-likeness (QED) is 0.506. The summed E-state index contributed by atoms with van der Waals surface area (Å²) in [4.78, 5) is 20.9. The third-order valence-electron chi connectivity index (χ3n) is 4.10. The summed E-state index contributed by atoms with van der Waals surface area (Å²) in [5.41, 5.74) is 2.28. The first-order chi connectivity index (χ1) is 11.7. The van der Waals surface area contributed by atoms with Crippen LogP contribution in [0.4, 0.5) is 0 Å². The molecule has 0 atom stereocenters. The molecule has 4 rings (SSSR count). The summed E-state index contributed by atoms with van der Waals surface area (Å²) >= 11 is 0. The molecule has 114 valence electrons. The molecule has 0 radical (unpaired) electrons. The first kappa shape index (κ1) is 14.1. The minimum atomic E-state index is -0.127. The number of rotatable bonds is 1. The fourth-order valence-corrected chi connectivity index (χ4v) is 2.89. The number of nitriles is 1. The van der Waals surface area contributed by atoms with Gasteiger partial charge >= 0.3 is 0 Å². The summed E-state index contributed by atoms with van der Waals surface area (Å²) in [6.45, 7) is 0. The lowest BCUT2D eigenvalue weighted by molar-refractivity contribution is 0.861. The second-order valence-corrected chi connectivity index (χ2v) is 5.54. The Morgan fingerprint density at radius 3 is 2.75 bits per heavy atom. The van der Waals surface area contributed by atoms with Gasteiger partial charge in [0.25, 0.3) is 5.56 Å². The van der Waals surface area contributed by atoms with Gasteiger partial charge < -0.3 is 4.57 Å². The predicted octanol–water partition coefficient (Wildman–Crippen LogP) is 3.02. The van der Waals surface area contributed by atoms with Crippen molar-refractivity contribution in [3.63, 3.8) is 0 Å². The van der Waals surface area contributed by atoms with E-state index in [4.69, 9.17) is 4.98 Å². The monoisotopic (exact) mass is 312 g/mol. The van der Waals surface area contributed by atoms with Crippen LogP contribution in [0.15, 0.2) is 59.7 Å². The fraction of sp³-hybridized carbons (Fsp3) is 0.0526.